The van der Waals surface area contributed by atoms with Crippen molar-refractivity contribution in [1.82, 2.24) is 20.1 Å². The molecule has 0 unspecified atom stereocenters. The number of aromatic nitrogens is 3. The largest absolute Gasteiger partial charge is 0.350 e. The maximum absolute atomic E-state index is 12.6. The van der Waals surface area contributed by atoms with Crippen LogP contribution in [-0.2, 0) is 22.3 Å². The highest BCUT2D eigenvalue weighted by Gasteiger charge is 2.19. The molecule has 2 aromatic carbocycles. The number of hydrogen-bond acceptors (Lipinski definition) is 5. The molecule has 0 radical (unpaired) electrons. The highest BCUT2D eigenvalue weighted by molar-refractivity contribution is 5.90. The van der Waals surface area contributed by atoms with Crippen molar-refractivity contribution in [2.45, 2.75) is 25.6 Å². The van der Waals surface area contributed by atoms with Crippen molar-refractivity contribution in [1.29, 1.82) is 0 Å². The fourth-order valence-electron chi connectivity index (χ4n) is 3.24. The Bertz CT molecular complexity index is 922. The molecule has 0 saturated carbocycles. The average Bonchev–Trinajstić information content (AvgIpc) is 3.44. The van der Waals surface area contributed by atoms with Gasteiger partial charge in [0.15, 0.2) is 6.29 Å². The van der Waals surface area contributed by atoms with Gasteiger partial charge in [-0.2, -0.15) is 0 Å². The molecule has 0 spiro atoms. The Balaban J connectivity index is 1.47. The molecule has 1 aromatic heterocycles. The third kappa shape index (κ3) is 5.07. The van der Waals surface area contributed by atoms with Gasteiger partial charge in [0.2, 0.25) is 5.82 Å². The molecule has 7 nitrogen and oxygen atoms in total. The van der Waals surface area contributed by atoms with Gasteiger partial charge in [-0.05, 0) is 24.1 Å². The third-order valence-electron chi connectivity index (χ3n) is 4.71. The van der Waals surface area contributed by atoms with Gasteiger partial charge in [0.05, 0.1) is 18.9 Å². The van der Waals surface area contributed by atoms with Crippen molar-refractivity contribution in [3.63, 3.8) is 0 Å². The fourth-order valence-corrected chi connectivity index (χ4v) is 3.24. The molecule has 0 aliphatic carbocycles. The molecule has 1 N–H and O–H groups in total. The van der Waals surface area contributed by atoms with Crippen molar-refractivity contribution in [2.75, 3.05) is 19.8 Å². The second kappa shape index (κ2) is 9.45. The van der Waals surface area contributed by atoms with Crippen LogP contribution in [0.25, 0.3) is 5.69 Å². The minimum absolute atomic E-state index is 0.171. The van der Waals surface area contributed by atoms with Crippen LogP contribution in [0.4, 0.5) is 0 Å². The van der Waals surface area contributed by atoms with E-state index in [1.165, 1.54) is 5.56 Å². The van der Waals surface area contributed by atoms with Crippen LogP contribution in [0.15, 0.2) is 60.7 Å². The lowest BCUT2D eigenvalue weighted by Crippen LogP contribution is -2.28. The quantitative estimate of drug-likeness (QED) is 0.637. The number of ether oxygens (including phenoxy) is 2. The molecule has 2 heterocycles. The number of hydrogen-bond donors (Lipinski definition) is 1. The van der Waals surface area contributed by atoms with Gasteiger partial charge in [0.25, 0.3) is 5.91 Å². The van der Waals surface area contributed by atoms with E-state index < -0.39 is 0 Å². The summed E-state index contributed by atoms with van der Waals surface area (Å²) in [7, 11) is 0. The molecule has 0 atom stereocenters. The maximum atomic E-state index is 12.6. The number of rotatable bonds is 8. The minimum Gasteiger partial charge on any atom is -0.350 e. The summed E-state index contributed by atoms with van der Waals surface area (Å²) < 4.78 is 12.5. The van der Waals surface area contributed by atoms with Gasteiger partial charge in [-0.1, -0.05) is 48.5 Å². The number of benzene rings is 2. The molecule has 29 heavy (non-hydrogen) atoms. The number of nitrogens with one attached hydrogen (secondary N) is 1. The maximum Gasteiger partial charge on any atom is 0.290 e. The summed E-state index contributed by atoms with van der Waals surface area (Å²) in [5.74, 6) is 0.636. The first-order valence-electron chi connectivity index (χ1n) is 9.86. The Morgan fingerprint density at radius 3 is 2.41 bits per heavy atom. The van der Waals surface area contributed by atoms with E-state index in [2.05, 4.69) is 27.5 Å². The molecule has 3 aromatic rings. The van der Waals surface area contributed by atoms with E-state index in [0.717, 1.165) is 17.9 Å². The number of carbonyl (C=O) groups excluding carboxylic acids is 1. The van der Waals surface area contributed by atoms with Crippen LogP contribution in [0, 0.1) is 0 Å². The first-order chi connectivity index (χ1) is 14.3. The summed E-state index contributed by atoms with van der Waals surface area (Å²) in [6, 6.07) is 20.0. The van der Waals surface area contributed by atoms with Gasteiger partial charge < -0.3 is 14.8 Å². The normalized spacial score (nSPS) is 14.2. The van der Waals surface area contributed by atoms with Crippen LogP contribution in [0.3, 0.4) is 0 Å². The van der Waals surface area contributed by atoms with E-state index in [-0.39, 0.29) is 18.0 Å². The molecule has 1 aliphatic heterocycles. The monoisotopic (exact) mass is 392 g/mol. The van der Waals surface area contributed by atoms with Crippen molar-refractivity contribution in [3.8, 4) is 5.69 Å². The van der Waals surface area contributed by atoms with Crippen LogP contribution in [0.5, 0.6) is 0 Å². The number of amides is 1. The molecular weight excluding hydrogens is 368 g/mol. The van der Waals surface area contributed by atoms with E-state index in [9.17, 15) is 4.79 Å². The molecule has 1 aliphatic rings. The van der Waals surface area contributed by atoms with Crippen LogP contribution < -0.4 is 5.32 Å². The lowest BCUT2D eigenvalue weighted by Gasteiger charge is -2.08. The van der Waals surface area contributed by atoms with E-state index in [4.69, 9.17) is 9.47 Å². The van der Waals surface area contributed by atoms with E-state index in [0.29, 0.717) is 32.6 Å². The summed E-state index contributed by atoms with van der Waals surface area (Å²) in [6.45, 7) is 1.65. The Labute approximate surface area is 169 Å². The van der Waals surface area contributed by atoms with Crippen LogP contribution in [0.2, 0.25) is 0 Å². The summed E-state index contributed by atoms with van der Waals surface area (Å²) in [5.41, 5.74) is 2.10. The number of nitrogens with zero attached hydrogens (tertiary/aromatic N) is 3. The first-order valence-corrected chi connectivity index (χ1v) is 9.86. The van der Waals surface area contributed by atoms with E-state index in [1.807, 2.05) is 48.5 Å². The molecule has 1 saturated heterocycles. The first kappa shape index (κ1) is 19.3. The van der Waals surface area contributed by atoms with Gasteiger partial charge in [-0.3, -0.25) is 4.79 Å². The van der Waals surface area contributed by atoms with Gasteiger partial charge in [-0.25, -0.2) is 9.67 Å². The topological polar surface area (TPSA) is 78.3 Å². The average molecular weight is 392 g/mol. The van der Waals surface area contributed by atoms with Crippen molar-refractivity contribution < 1.29 is 14.3 Å². The summed E-state index contributed by atoms with van der Waals surface area (Å²) in [4.78, 5) is 17.1. The van der Waals surface area contributed by atoms with Crippen molar-refractivity contribution >= 4 is 5.91 Å². The summed E-state index contributed by atoms with van der Waals surface area (Å²) >= 11 is 0. The predicted octanol–water partition coefficient (Wildman–Crippen LogP) is 2.55. The van der Waals surface area contributed by atoms with Crippen molar-refractivity contribution in [2.24, 2.45) is 0 Å². The lowest BCUT2D eigenvalue weighted by molar-refractivity contribution is -0.0455. The Hall–Kier alpha value is -3.03. The highest BCUT2D eigenvalue weighted by atomic mass is 16.7. The molecule has 0 bridgehead atoms. The van der Waals surface area contributed by atoms with Gasteiger partial charge >= 0.3 is 0 Å². The molecule has 1 fully saturated rings. The van der Waals surface area contributed by atoms with E-state index in [1.54, 1.807) is 4.68 Å². The smallest absolute Gasteiger partial charge is 0.290 e. The number of aryl methyl sites for hydroxylation is 2. The molecular formula is C22H24N4O3. The van der Waals surface area contributed by atoms with Crippen LogP contribution in [-0.4, -0.2) is 46.7 Å². The SMILES string of the molecule is O=C(NCCC1OCCO1)c1nc(CCc2ccccc2)n(-c2ccccc2)n1. The Morgan fingerprint density at radius 1 is 1.00 bits per heavy atom. The molecule has 150 valence electrons. The molecule has 7 heteroatoms. The summed E-state index contributed by atoms with van der Waals surface area (Å²) in [5, 5.41) is 7.33. The Morgan fingerprint density at radius 2 is 1.69 bits per heavy atom. The predicted molar refractivity (Wildman–Crippen MR) is 108 cm³/mol. The number of para-hydroxylation sites is 1. The molecule has 1 amide bonds. The van der Waals surface area contributed by atoms with Crippen molar-refractivity contribution in [3.05, 3.63) is 77.9 Å². The van der Waals surface area contributed by atoms with Gasteiger partial charge in [-0.15, -0.1) is 5.10 Å². The lowest BCUT2D eigenvalue weighted by atomic mass is 10.1. The van der Waals surface area contributed by atoms with Gasteiger partial charge in [0.1, 0.15) is 5.82 Å². The Kier molecular flexibility index (Phi) is 6.29. The van der Waals surface area contributed by atoms with Crippen LogP contribution >= 0.6 is 0 Å². The second-order valence-corrected chi connectivity index (χ2v) is 6.80. The zero-order chi connectivity index (χ0) is 19.9. The zero-order valence-corrected chi connectivity index (χ0v) is 16.2. The van der Waals surface area contributed by atoms with Crippen LogP contribution in [0.1, 0.15) is 28.4 Å². The highest BCUT2D eigenvalue weighted by Crippen LogP contribution is 2.13. The second-order valence-electron chi connectivity index (χ2n) is 6.80. The standard InChI is InChI=1S/C22H24N4O3/c27-22(23-14-13-20-28-15-16-29-20)21-24-19(12-11-17-7-3-1-4-8-17)26(25-21)18-9-5-2-6-10-18/h1-10,20H,11-16H2,(H,23,27). The van der Waals surface area contributed by atoms with E-state index >= 15 is 0 Å². The minimum atomic E-state index is -0.293. The third-order valence-corrected chi connectivity index (χ3v) is 4.71. The summed E-state index contributed by atoms with van der Waals surface area (Å²) in [6.07, 6.45) is 1.87. The van der Waals surface area contributed by atoms with Gasteiger partial charge in [0, 0.05) is 19.4 Å². The fraction of sp³-hybridized carbons (Fsp3) is 0.318. The molecule has 4 rings (SSSR count). The number of carbonyl (C=O) groups is 1. The zero-order valence-electron chi connectivity index (χ0n) is 16.2.